The first kappa shape index (κ1) is 12.0. The largest absolute Gasteiger partial charge is 0.477 e. The van der Waals surface area contributed by atoms with Crippen LogP contribution in [0.1, 0.15) is 31.1 Å². The summed E-state index contributed by atoms with van der Waals surface area (Å²) in [5, 5.41) is 14.1. The molecule has 0 unspecified atom stereocenters. The summed E-state index contributed by atoms with van der Waals surface area (Å²) in [4.78, 5) is 21.9. The van der Waals surface area contributed by atoms with Gasteiger partial charge in [0.1, 0.15) is 11.2 Å². The Morgan fingerprint density at radius 1 is 1.50 bits per heavy atom. The standard InChI is InChI=1S/C9H12N2O5/c1-9(2,3)15-8(14)11-6-5(7(12)13)4-10-16-6/h4H,1-3H3,(H,11,14)(H,12,13). The lowest BCUT2D eigenvalue weighted by Gasteiger charge is -2.18. The number of carboxylic acids is 1. The Bertz CT molecular complexity index is 404. The number of anilines is 1. The molecule has 0 aliphatic heterocycles. The van der Waals surface area contributed by atoms with Crippen molar-refractivity contribution in [2.24, 2.45) is 0 Å². The van der Waals surface area contributed by atoms with E-state index in [1.165, 1.54) is 0 Å². The fraction of sp³-hybridized carbons (Fsp3) is 0.444. The van der Waals surface area contributed by atoms with Gasteiger partial charge >= 0.3 is 12.1 Å². The molecule has 88 valence electrons. The zero-order valence-corrected chi connectivity index (χ0v) is 9.10. The fourth-order valence-corrected chi connectivity index (χ4v) is 0.878. The van der Waals surface area contributed by atoms with Gasteiger partial charge in [0.25, 0.3) is 0 Å². The number of nitrogens with one attached hydrogen (secondary N) is 1. The minimum atomic E-state index is -1.24. The normalized spacial score (nSPS) is 10.9. The van der Waals surface area contributed by atoms with Gasteiger partial charge in [0, 0.05) is 0 Å². The van der Waals surface area contributed by atoms with Crippen molar-refractivity contribution in [1.29, 1.82) is 0 Å². The van der Waals surface area contributed by atoms with Crippen molar-refractivity contribution in [2.75, 3.05) is 5.32 Å². The van der Waals surface area contributed by atoms with E-state index in [-0.39, 0.29) is 11.4 Å². The second kappa shape index (κ2) is 4.21. The van der Waals surface area contributed by atoms with Crippen molar-refractivity contribution in [3.63, 3.8) is 0 Å². The minimum absolute atomic E-state index is 0.231. The second-order valence-corrected chi connectivity index (χ2v) is 4.00. The smallest absolute Gasteiger partial charge is 0.414 e. The molecule has 0 bridgehead atoms. The van der Waals surface area contributed by atoms with E-state index >= 15 is 0 Å². The highest BCUT2D eigenvalue weighted by Gasteiger charge is 2.21. The average molecular weight is 228 g/mol. The third-order valence-electron chi connectivity index (χ3n) is 1.42. The molecule has 1 rings (SSSR count). The summed E-state index contributed by atoms with van der Waals surface area (Å²) >= 11 is 0. The van der Waals surface area contributed by atoms with Crippen molar-refractivity contribution >= 4 is 17.9 Å². The first-order chi connectivity index (χ1) is 7.29. The Labute approximate surface area is 91.4 Å². The molecule has 0 atom stereocenters. The van der Waals surface area contributed by atoms with Gasteiger partial charge < -0.3 is 14.4 Å². The fourth-order valence-electron chi connectivity index (χ4n) is 0.878. The van der Waals surface area contributed by atoms with Crippen LogP contribution in [0.4, 0.5) is 10.7 Å². The molecule has 1 aromatic rings. The molecule has 16 heavy (non-hydrogen) atoms. The molecule has 7 nitrogen and oxygen atoms in total. The molecule has 0 aromatic carbocycles. The van der Waals surface area contributed by atoms with Crippen LogP contribution in [0.5, 0.6) is 0 Å². The molecule has 0 radical (unpaired) electrons. The topological polar surface area (TPSA) is 102 Å². The molecule has 0 saturated carbocycles. The highest BCUT2D eigenvalue weighted by molar-refractivity contribution is 5.96. The Balaban J connectivity index is 2.70. The monoisotopic (exact) mass is 228 g/mol. The zero-order chi connectivity index (χ0) is 12.3. The van der Waals surface area contributed by atoms with Gasteiger partial charge in [-0.2, -0.15) is 0 Å². The number of carboxylic acid groups (broad SMARTS) is 1. The predicted molar refractivity (Wildman–Crippen MR) is 53.3 cm³/mol. The maximum absolute atomic E-state index is 11.3. The van der Waals surface area contributed by atoms with Gasteiger partial charge in [0.2, 0.25) is 5.88 Å². The van der Waals surface area contributed by atoms with Crippen molar-refractivity contribution < 1.29 is 24.0 Å². The Morgan fingerprint density at radius 2 is 2.12 bits per heavy atom. The number of rotatable bonds is 2. The van der Waals surface area contributed by atoms with Gasteiger partial charge in [0.05, 0.1) is 6.20 Å². The van der Waals surface area contributed by atoms with Crippen LogP contribution in [-0.2, 0) is 4.74 Å². The molecular weight excluding hydrogens is 216 g/mol. The zero-order valence-electron chi connectivity index (χ0n) is 9.10. The minimum Gasteiger partial charge on any atom is -0.477 e. The molecule has 7 heteroatoms. The second-order valence-electron chi connectivity index (χ2n) is 4.00. The molecule has 1 heterocycles. The van der Waals surface area contributed by atoms with E-state index in [4.69, 9.17) is 9.84 Å². The number of carbonyl (C=O) groups is 2. The number of amides is 1. The van der Waals surface area contributed by atoms with Crippen LogP contribution in [0.15, 0.2) is 10.7 Å². The van der Waals surface area contributed by atoms with Crippen molar-refractivity contribution in [2.45, 2.75) is 26.4 Å². The lowest BCUT2D eigenvalue weighted by atomic mass is 10.2. The molecule has 0 aliphatic carbocycles. The number of hydrogen-bond donors (Lipinski definition) is 2. The summed E-state index contributed by atoms with van der Waals surface area (Å²) in [6, 6.07) is 0. The van der Waals surface area contributed by atoms with E-state index in [0.717, 1.165) is 6.20 Å². The third-order valence-corrected chi connectivity index (χ3v) is 1.42. The predicted octanol–water partition coefficient (Wildman–Crippen LogP) is 1.72. The van der Waals surface area contributed by atoms with Crippen LogP contribution in [0.25, 0.3) is 0 Å². The van der Waals surface area contributed by atoms with E-state index < -0.39 is 17.7 Å². The van der Waals surface area contributed by atoms with E-state index in [9.17, 15) is 9.59 Å². The van der Waals surface area contributed by atoms with Crippen molar-refractivity contribution in [3.05, 3.63) is 11.8 Å². The van der Waals surface area contributed by atoms with E-state index in [1.807, 2.05) is 0 Å². The summed E-state index contributed by atoms with van der Waals surface area (Å²) in [6.07, 6.45) is 0.196. The van der Waals surface area contributed by atoms with E-state index in [2.05, 4.69) is 15.0 Å². The SMILES string of the molecule is CC(C)(C)OC(=O)Nc1oncc1C(=O)O. The molecule has 0 aliphatic rings. The number of carbonyl (C=O) groups excluding carboxylic acids is 1. The van der Waals surface area contributed by atoms with Crippen LogP contribution < -0.4 is 5.32 Å². The summed E-state index contributed by atoms with van der Waals surface area (Å²) in [6.45, 7) is 5.06. The molecule has 1 amide bonds. The number of aromatic carboxylic acids is 1. The van der Waals surface area contributed by atoms with Gasteiger partial charge in [-0.1, -0.05) is 5.16 Å². The quantitative estimate of drug-likeness (QED) is 0.799. The average Bonchev–Trinajstić information content (AvgIpc) is 2.47. The molecule has 0 spiro atoms. The maximum Gasteiger partial charge on any atom is 0.414 e. The Hall–Kier alpha value is -2.05. The van der Waals surface area contributed by atoms with Crippen molar-refractivity contribution in [3.8, 4) is 0 Å². The Kier molecular flexibility index (Phi) is 3.17. The van der Waals surface area contributed by atoms with Gasteiger partial charge in [0.15, 0.2) is 0 Å². The van der Waals surface area contributed by atoms with E-state index in [1.54, 1.807) is 20.8 Å². The van der Waals surface area contributed by atoms with Crippen molar-refractivity contribution in [1.82, 2.24) is 5.16 Å². The molecule has 0 saturated heterocycles. The van der Waals surface area contributed by atoms with Gasteiger partial charge in [-0.25, -0.2) is 9.59 Å². The molecular formula is C9H12N2O5. The lowest BCUT2D eigenvalue weighted by molar-refractivity contribution is 0.0631. The van der Waals surface area contributed by atoms with Gasteiger partial charge in [-0.05, 0) is 20.8 Å². The van der Waals surface area contributed by atoms with Crippen LogP contribution in [0.3, 0.4) is 0 Å². The molecule has 0 fully saturated rings. The number of hydrogen-bond acceptors (Lipinski definition) is 5. The molecule has 1 aromatic heterocycles. The number of nitrogens with zero attached hydrogens (tertiary/aromatic N) is 1. The summed E-state index contributed by atoms with van der Waals surface area (Å²) in [7, 11) is 0. The Morgan fingerprint density at radius 3 is 2.62 bits per heavy atom. The molecule has 2 N–H and O–H groups in total. The lowest BCUT2D eigenvalue weighted by Crippen LogP contribution is -2.27. The van der Waals surface area contributed by atoms with Gasteiger partial charge in [-0.15, -0.1) is 0 Å². The van der Waals surface area contributed by atoms with Crippen LogP contribution in [0, 0.1) is 0 Å². The maximum atomic E-state index is 11.3. The number of ether oxygens (including phenoxy) is 1. The van der Waals surface area contributed by atoms with Crippen LogP contribution >= 0.6 is 0 Å². The summed E-state index contributed by atoms with van der Waals surface area (Å²) in [5.74, 6) is -1.49. The summed E-state index contributed by atoms with van der Waals surface area (Å²) in [5.41, 5.74) is -0.904. The summed E-state index contributed by atoms with van der Waals surface area (Å²) < 4.78 is 9.48. The first-order valence-corrected chi connectivity index (χ1v) is 4.47. The number of aromatic nitrogens is 1. The van der Waals surface area contributed by atoms with Crippen LogP contribution in [0.2, 0.25) is 0 Å². The third kappa shape index (κ3) is 3.26. The highest BCUT2D eigenvalue weighted by atomic mass is 16.6. The van der Waals surface area contributed by atoms with E-state index in [0.29, 0.717) is 0 Å². The van der Waals surface area contributed by atoms with Crippen LogP contribution in [-0.4, -0.2) is 27.9 Å². The highest BCUT2D eigenvalue weighted by Crippen LogP contribution is 2.16. The van der Waals surface area contributed by atoms with Gasteiger partial charge in [-0.3, -0.25) is 5.32 Å². The first-order valence-electron chi connectivity index (χ1n) is 4.47.